The maximum absolute atomic E-state index is 4.39. The van der Waals surface area contributed by atoms with E-state index in [2.05, 4.69) is 25.5 Å². The smallest absolute Gasteiger partial charge is 0.181 e. The average Bonchev–Trinajstić information content (AvgIpc) is 2.76. The molecule has 96 valence electrons. The molecule has 0 aliphatic rings. The summed E-state index contributed by atoms with van der Waals surface area (Å²) in [6.45, 7) is 4.77. The molecule has 2 heterocycles. The zero-order valence-corrected chi connectivity index (χ0v) is 12.7. The topological polar surface area (TPSA) is 63.6 Å². The first-order valence-corrected chi connectivity index (χ1v) is 8.22. The molecule has 0 amide bonds. The average molecular weight is 299 g/mol. The van der Waals surface area contributed by atoms with E-state index in [0.29, 0.717) is 0 Å². The Morgan fingerprint density at radius 2 is 2.06 bits per heavy atom. The van der Waals surface area contributed by atoms with Gasteiger partial charge in [-0.2, -0.15) is 0 Å². The van der Waals surface area contributed by atoms with Gasteiger partial charge in [0.2, 0.25) is 0 Å². The monoisotopic (exact) mass is 299 g/mol. The van der Waals surface area contributed by atoms with Crippen LogP contribution >= 0.6 is 34.9 Å². The van der Waals surface area contributed by atoms with Crippen molar-refractivity contribution in [3.05, 3.63) is 11.9 Å². The standard InChI is InChI=1S/C10H13N5S3/c1-4-11-7-5-8(13-6(2)12-7)17-10-15-14-9(16-3)18-10/h5H,4H2,1-3H3,(H,11,12,13). The van der Waals surface area contributed by atoms with Crippen LogP contribution in [0.1, 0.15) is 12.7 Å². The van der Waals surface area contributed by atoms with Crippen LogP contribution in [0.5, 0.6) is 0 Å². The highest BCUT2D eigenvalue weighted by atomic mass is 32.2. The first-order chi connectivity index (χ1) is 8.71. The molecule has 0 aliphatic carbocycles. The number of aromatic nitrogens is 4. The quantitative estimate of drug-likeness (QED) is 0.672. The van der Waals surface area contributed by atoms with E-state index in [9.17, 15) is 0 Å². The van der Waals surface area contributed by atoms with E-state index in [0.717, 1.165) is 31.9 Å². The largest absolute Gasteiger partial charge is 0.370 e. The van der Waals surface area contributed by atoms with Crippen LogP contribution in [0.2, 0.25) is 0 Å². The van der Waals surface area contributed by atoms with Gasteiger partial charge >= 0.3 is 0 Å². The summed E-state index contributed by atoms with van der Waals surface area (Å²) in [5.41, 5.74) is 0. The van der Waals surface area contributed by atoms with Crippen LogP contribution < -0.4 is 5.32 Å². The van der Waals surface area contributed by atoms with E-state index in [1.165, 1.54) is 11.8 Å². The van der Waals surface area contributed by atoms with Crippen molar-refractivity contribution in [2.45, 2.75) is 27.6 Å². The molecule has 0 spiro atoms. The van der Waals surface area contributed by atoms with Crippen molar-refractivity contribution in [2.24, 2.45) is 0 Å². The maximum Gasteiger partial charge on any atom is 0.181 e. The Kier molecular flexibility index (Phi) is 4.79. The summed E-state index contributed by atoms with van der Waals surface area (Å²) >= 11 is 4.70. The third kappa shape index (κ3) is 3.56. The van der Waals surface area contributed by atoms with Gasteiger partial charge in [-0.1, -0.05) is 23.1 Å². The van der Waals surface area contributed by atoms with Crippen LogP contribution in [-0.2, 0) is 0 Å². The van der Waals surface area contributed by atoms with Crippen LogP contribution in [0.3, 0.4) is 0 Å². The number of nitrogens with one attached hydrogen (secondary N) is 1. The SMILES string of the molecule is CCNc1cc(Sc2nnc(SC)s2)nc(C)n1. The lowest BCUT2D eigenvalue weighted by atomic mass is 10.5. The molecule has 0 aliphatic heterocycles. The summed E-state index contributed by atoms with van der Waals surface area (Å²) in [6, 6.07) is 1.93. The number of anilines is 1. The van der Waals surface area contributed by atoms with Gasteiger partial charge in [-0.3, -0.25) is 0 Å². The Labute approximate surface area is 118 Å². The predicted molar refractivity (Wildman–Crippen MR) is 76.7 cm³/mol. The lowest BCUT2D eigenvalue weighted by Gasteiger charge is -2.04. The van der Waals surface area contributed by atoms with Crippen LogP contribution in [0.15, 0.2) is 19.8 Å². The number of nitrogens with zero attached hydrogens (tertiary/aromatic N) is 4. The van der Waals surface area contributed by atoms with Gasteiger partial charge in [0.15, 0.2) is 8.68 Å². The third-order valence-electron chi connectivity index (χ3n) is 1.93. The molecule has 0 saturated carbocycles. The third-order valence-corrected chi connectivity index (χ3v) is 4.79. The summed E-state index contributed by atoms with van der Waals surface area (Å²) in [6.07, 6.45) is 1.99. The molecule has 2 rings (SSSR count). The second-order valence-corrected chi connectivity index (χ2v) is 6.61. The van der Waals surface area contributed by atoms with Crippen LogP contribution in [0, 0.1) is 6.92 Å². The Morgan fingerprint density at radius 1 is 1.28 bits per heavy atom. The summed E-state index contributed by atoms with van der Waals surface area (Å²) in [5, 5.41) is 12.3. The van der Waals surface area contributed by atoms with Crippen molar-refractivity contribution < 1.29 is 0 Å². The molecule has 0 saturated heterocycles. The Bertz CT molecular complexity index is 528. The molecule has 0 unspecified atom stereocenters. The Hall–Kier alpha value is -0.860. The van der Waals surface area contributed by atoms with Gasteiger partial charge in [0.1, 0.15) is 16.7 Å². The molecule has 2 aromatic rings. The van der Waals surface area contributed by atoms with E-state index < -0.39 is 0 Å². The van der Waals surface area contributed by atoms with E-state index >= 15 is 0 Å². The van der Waals surface area contributed by atoms with Crippen molar-refractivity contribution in [2.75, 3.05) is 18.1 Å². The number of thioether (sulfide) groups is 1. The van der Waals surface area contributed by atoms with E-state index in [1.54, 1.807) is 23.1 Å². The normalized spacial score (nSPS) is 10.6. The van der Waals surface area contributed by atoms with E-state index in [4.69, 9.17) is 0 Å². The number of hydrogen-bond acceptors (Lipinski definition) is 8. The van der Waals surface area contributed by atoms with Gasteiger partial charge in [-0.15, -0.1) is 10.2 Å². The summed E-state index contributed by atoms with van der Waals surface area (Å²) in [5.74, 6) is 1.60. The minimum Gasteiger partial charge on any atom is -0.370 e. The van der Waals surface area contributed by atoms with Gasteiger partial charge in [-0.05, 0) is 31.9 Å². The van der Waals surface area contributed by atoms with Crippen molar-refractivity contribution in [3.63, 3.8) is 0 Å². The van der Waals surface area contributed by atoms with Crippen LogP contribution in [-0.4, -0.2) is 33.0 Å². The molecule has 5 nitrogen and oxygen atoms in total. The van der Waals surface area contributed by atoms with Crippen molar-refractivity contribution in [1.29, 1.82) is 0 Å². The molecule has 0 fully saturated rings. The lowest BCUT2D eigenvalue weighted by molar-refractivity contribution is 0.940. The molecule has 0 bridgehead atoms. The second kappa shape index (κ2) is 6.35. The summed E-state index contributed by atoms with van der Waals surface area (Å²) in [4.78, 5) is 8.70. The highest BCUT2D eigenvalue weighted by Crippen LogP contribution is 2.32. The molecule has 0 aromatic carbocycles. The molecule has 1 N–H and O–H groups in total. The fourth-order valence-electron chi connectivity index (χ4n) is 1.27. The highest BCUT2D eigenvalue weighted by Gasteiger charge is 2.08. The maximum atomic E-state index is 4.39. The number of hydrogen-bond donors (Lipinski definition) is 1. The van der Waals surface area contributed by atoms with Crippen LogP contribution in [0.4, 0.5) is 5.82 Å². The zero-order chi connectivity index (χ0) is 13.0. The first kappa shape index (κ1) is 13.6. The summed E-state index contributed by atoms with van der Waals surface area (Å²) in [7, 11) is 0. The Morgan fingerprint density at radius 3 is 2.72 bits per heavy atom. The molecular weight excluding hydrogens is 286 g/mol. The minimum absolute atomic E-state index is 0.755. The molecule has 2 aromatic heterocycles. The first-order valence-electron chi connectivity index (χ1n) is 5.36. The molecular formula is C10H13N5S3. The fourth-order valence-corrected chi connectivity index (χ4v) is 3.71. The molecule has 0 radical (unpaired) electrons. The molecule has 18 heavy (non-hydrogen) atoms. The molecule has 8 heteroatoms. The van der Waals surface area contributed by atoms with Crippen molar-refractivity contribution in [3.8, 4) is 0 Å². The number of aryl methyl sites for hydroxylation is 1. The second-order valence-electron chi connectivity index (χ2n) is 3.31. The van der Waals surface area contributed by atoms with Gasteiger partial charge in [-0.25, -0.2) is 9.97 Å². The van der Waals surface area contributed by atoms with E-state index in [1.807, 2.05) is 26.2 Å². The van der Waals surface area contributed by atoms with Crippen LogP contribution in [0.25, 0.3) is 0 Å². The van der Waals surface area contributed by atoms with Crippen molar-refractivity contribution in [1.82, 2.24) is 20.2 Å². The van der Waals surface area contributed by atoms with E-state index in [-0.39, 0.29) is 0 Å². The number of rotatable bonds is 5. The zero-order valence-electron chi connectivity index (χ0n) is 10.3. The molecule has 0 atom stereocenters. The van der Waals surface area contributed by atoms with Gasteiger partial charge < -0.3 is 5.32 Å². The minimum atomic E-state index is 0.755. The van der Waals surface area contributed by atoms with Gasteiger partial charge in [0, 0.05) is 12.6 Å². The summed E-state index contributed by atoms with van der Waals surface area (Å²) < 4.78 is 1.87. The Balaban J connectivity index is 2.17. The highest BCUT2D eigenvalue weighted by molar-refractivity contribution is 8.02. The predicted octanol–water partition coefficient (Wildman–Crippen LogP) is 2.94. The van der Waals surface area contributed by atoms with Gasteiger partial charge in [0.25, 0.3) is 0 Å². The van der Waals surface area contributed by atoms with Gasteiger partial charge in [0.05, 0.1) is 0 Å². The fraction of sp³-hybridized carbons (Fsp3) is 0.400. The lowest BCUT2D eigenvalue weighted by Crippen LogP contribution is -2.02. The van der Waals surface area contributed by atoms with Crippen molar-refractivity contribution >= 4 is 40.7 Å².